The van der Waals surface area contributed by atoms with Gasteiger partial charge in [0.15, 0.2) is 5.65 Å². The normalized spacial score (nSPS) is 15.2. The van der Waals surface area contributed by atoms with Crippen LogP contribution in [-0.4, -0.2) is 49.3 Å². The van der Waals surface area contributed by atoms with Gasteiger partial charge in [-0.3, -0.25) is 0 Å². The van der Waals surface area contributed by atoms with E-state index in [1.165, 1.54) is 9.58 Å². The summed E-state index contributed by atoms with van der Waals surface area (Å²) in [7, 11) is 0. The first-order valence-corrected chi connectivity index (χ1v) is 11.5. The van der Waals surface area contributed by atoms with Gasteiger partial charge in [0.25, 0.3) is 0 Å². The molecule has 5 heterocycles. The van der Waals surface area contributed by atoms with Gasteiger partial charge in [-0.25, -0.2) is 19.3 Å². The van der Waals surface area contributed by atoms with Gasteiger partial charge in [-0.2, -0.15) is 5.10 Å². The number of hydrogen-bond donors (Lipinski definition) is 0. The smallest absolute Gasteiger partial charge is 0.410 e. The number of carbonyl (C=O) groups is 1. The highest BCUT2D eigenvalue weighted by atomic mass is 32.1. The quantitative estimate of drug-likeness (QED) is 0.437. The van der Waals surface area contributed by atoms with Crippen LogP contribution in [0.4, 0.5) is 4.79 Å². The van der Waals surface area contributed by atoms with E-state index >= 15 is 0 Å². The number of nitrogens with zero attached hydrogens (tertiary/aromatic N) is 5. The number of fused-ring (bicyclic) bond motifs is 2. The number of likely N-dealkylation sites (tertiary alicyclic amines) is 1. The highest BCUT2D eigenvalue weighted by Crippen LogP contribution is 2.40. The molecule has 156 valence electrons. The molecule has 0 atom stereocenters. The summed E-state index contributed by atoms with van der Waals surface area (Å²) in [5.41, 5.74) is 3.33. The average molecular weight is 442 g/mol. The number of amides is 1. The van der Waals surface area contributed by atoms with Crippen LogP contribution in [0.1, 0.15) is 42.8 Å². The van der Waals surface area contributed by atoms with Crippen molar-refractivity contribution < 1.29 is 9.53 Å². The summed E-state index contributed by atoms with van der Waals surface area (Å²) in [6.45, 7) is 11.1. The third kappa shape index (κ3) is 3.45. The summed E-state index contributed by atoms with van der Waals surface area (Å²) < 4.78 is 8.45. The predicted octanol–water partition coefficient (Wildman–Crippen LogP) is 5.02. The van der Waals surface area contributed by atoms with Gasteiger partial charge in [-0.15, -0.1) is 22.7 Å². The number of thiophene rings is 1. The van der Waals surface area contributed by atoms with Gasteiger partial charge < -0.3 is 9.64 Å². The van der Waals surface area contributed by atoms with Crippen molar-refractivity contribution >= 4 is 43.9 Å². The van der Waals surface area contributed by atoms with Crippen LogP contribution in [0.2, 0.25) is 0 Å². The molecule has 0 aromatic carbocycles. The fourth-order valence-corrected chi connectivity index (χ4v) is 5.81. The zero-order chi connectivity index (χ0) is 21.2. The molecule has 4 aromatic heterocycles. The molecule has 1 amide bonds. The Balaban J connectivity index is 1.34. The molecule has 0 radical (unpaired) electrons. The lowest BCUT2D eigenvalue weighted by Gasteiger charge is -2.39. The maximum atomic E-state index is 12.1. The number of thiazole rings is 1. The molecule has 0 saturated carbocycles. The average Bonchev–Trinajstić information content (AvgIpc) is 3.23. The zero-order valence-corrected chi connectivity index (χ0v) is 19.2. The monoisotopic (exact) mass is 441 g/mol. The Morgan fingerprint density at radius 2 is 1.93 bits per heavy atom. The van der Waals surface area contributed by atoms with Crippen molar-refractivity contribution in [3.05, 3.63) is 34.5 Å². The second-order valence-electron chi connectivity index (χ2n) is 8.78. The van der Waals surface area contributed by atoms with Crippen molar-refractivity contribution in [2.75, 3.05) is 13.1 Å². The molecule has 0 N–H and O–H groups in total. The van der Waals surface area contributed by atoms with Crippen molar-refractivity contribution in [2.45, 2.75) is 46.1 Å². The third-order valence-corrected chi connectivity index (χ3v) is 7.34. The van der Waals surface area contributed by atoms with E-state index in [0.717, 1.165) is 32.4 Å². The Hall–Kier alpha value is -2.52. The Kier molecular flexibility index (Phi) is 4.37. The van der Waals surface area contributed by atoms with Gasteiger partial charge in [0.05, 0.1) is 16.6 Å². The minimum atomic E-state index is -0.459. The SMILES string of the molecule is Cc1cn2nc(-c3nc4sc(C5CN(C(=O)OC(C)(C)C)C5)cc4s3)cc(C)c2n1. The highest BCUT2D eigenvalue weighted by molar-refractivity contribution is 7.28. The molecular weight excluding hydrogens is 418 g/mol. The van der Waals surface area contributed by atoms with Crippen molar-refractivity contribution in [2.24, 2.45) is 0 Å². The summed E-state index contributed by atoms with van der Waals surface area (Å²) in [5, 5.41) is 5.61. The van der Waals surface area contributed by atoms with Crippen LogP contribution in [0.5, 0.6) is 0 Å². The number of imidazole rings is 1. The number of aromatic nitrogens is 4. The van der Waals surface area contributed by atoms with Crippen molar-refractivity contribution in [3.63, 3.8) is 0 Å². The maximum Gasteiger partial charge on any atom is 0.410 e. The lowest BCUT2D eigenvalue weighted by Crippen LogP contribution is -2.50. The largest absolute Gasteiger partial charge is 0.444 e. The van der Waals surface area contributed by atoms with Crippen LogP contribution in [0, 0.1) is 13.8 Å². The van der Waals surface area contributed by atoms with Crippen molar-refractivity contribution in [1.82, 2.24) is 24.5 Å². The number of ether oxygens (including phenoxy) is 1. The van der Waals surface area contributed by atoms with E-state index in [4.69, 9.17) is 14.8 Å². The standard InChI is InChI=1S/C21H23N5O2S2/c1-11-6-14(24-26-8-12(2)22-17(11)26)18-23-19-16(30-18)7-15(29-19)13-9-25(10-13)20(27)28-21(3,4)5/h6-8,13H,9-10H2,1-5H3. The zero-order valence-electron chi connectivity index (χ0n) is 17.6. The molecule has 4 aromatic rings. The van der Waals surface area contributed by atoms with E-state index < -0.39 is 5.60 Å². The van der Waals surface area contributed by atoms with E-state index in [-0.39, 0.29) is 6.09 Å². The summed E-state index contributed by atoms with van der Waals surface area (Å²) in [5.74, 6) is 0.359. The molecule has 30 heavy (non-hydrogen) atoms. The molecule has 1 fully saturated rings. The molecule has 9 heteroatoms. The summed E-state index contributed by atoms with van der Waals surface area (Å²) in [4.78, 5) is 25.6. The summed E-state index contributed by atoms with van der Waals surface area (Å²) >= 11 is 3.37. The van der Waals surface area contributed by atoms with Gasteiger partial charge in [-0.05, 0) is 52.3 Å². The van der Waals surface area contributed by atoms with Gasteiger partial charge in [-0.1, -0.05) is 0 Å². The molecule has 0 spiro atoms. The molecule has 7 nitrogen and oxygen atoms in total. The Morgan fingerprint density at radius 1 is 1.17 bits per heavy atom. The highest BCUT2D eigenvalue weighted by Gasteiger charge is 2.35. The molecule has 0 bridgehead atoms. The number of hydrogen-bond acceptors (Lipinski definition) is 7. The minimum Gasteiger partial charge on any atom is -0.444 e. The molecule has 0 unspecified atom stereocenters. The molecule has 0 aliphatic carbocycles. The van der Waals surface area contributed by atoms with Crippen LogP contribution < -0.4 is 0 Å². The molecular formula is C21H23N5O2S2. The Bertz CT molecular complexity index is 1240. The summed E-state index contributed by atoms with van der Waals surface area (Å²) in [6, 6.07) is 4.26. The lowest BCUT2D eigenvalue weighted by atomic mass is 9.99. The number of aryl methyl sites for hydroxylation is 2. The molecule has 1 aliphatic heterocycles. The topological polar surface area (TPSA) is 72.6 Å². The first-order valence-electron chi connectivity index (χ1n) is 9.88. The van der Waals surface area contributed by atoms with Gasteiger partial charge in [0.1, 0.15) is 21.1 Å². The third-order valence-electron chi connectivity index (χ3n) is 4.99. The van der Waals surface area contributed by atoms with Crippen LogP contribution in [0.3, 0.4) is 0 Å². The first kappa shape index (κ1) is 19.4. The fourth-order valence-electron chi connectivity index (χ4n) is 3.55. The maximum absolute atomic E-state index is 12.1. The fraction of sp³-hybridized carbons (Fsp3) is 0.429. The van der Waals surface area contributed by atoms with Crippen molar-refractivity contribution in [3.8, 4) is 10.7 Å². The Morgan fingerprint density at radius 3 is 2.63 bits per heavy atom. The molecule has 1 saturated heterocycles. The van der Waals surface area contributed by atoms with E-state index in [1.54, 1.807) is 27.6 Å². The van der Waals surface area contributed by atoms with Gasteiger partial charge in [0.2, 0.25) is 0 Å². The van der Waals surface area contributed by atoms with E-state index in [9.17, 15) is 4.79 Å². The predicted molar refractivity (Wildman–Crippen MR) is 120 cm³/mol. The van der Waals surface area contributed by atoms with Crippen molar-refractivity contribution in [1.29, 1.82) is 0 Å². The second kappa shape index (κ2) is 6.75. The van der Waals surface area contributed by atoms with E-state index in [0.29, 0.717) is 19.0 Å². The van der Waals surface area contributed by atoms with Gasteiger partial charge >= 0.3 is 6.09 Å². The van der Waals surface area contributed by atoms with Crippen LogP contribution in [0.25, 0.3) is 25.9 Å². The first-order chi connectivity index (χ1) is 14.2. The number of carbonyl (C=O) groups excluding carboxylic acids is 1. The number of rotatable bonds is 2. The Labute approximate surface area is 182 Å². The van der Waals surface area contributed by atoms with Crippen LogP contribution in [-0.2, 0) is 4.74 Å². The van der Waals surface area contributed by atoms with Crippen LogP contribution >= 0.6 is 22.7 Å². The second-order valence-corrected chi connectivity index (χ2v) is 10.9. The van der Waals surface area contributed by atoms with E-state index in [1.807, 2.05) is 45.3 Å². The van der Waals surface area contributed by atoms with E-state index in [2.05, 4.69) is 17.1 Å². The van der Waals surface area contributed by atoms with Gasteiger partial charge in [0, 0.05) is 23.9 Å². The minimum absolute atomic E-state index is 0.232. The lowest BCUT2D eigenvalue weighted by molar-refractivity contribution is 0.00847. The summed E-state index contributed by atoms with van der Waals surface area (Å²) in [6.07, 6.45) is 1.71. The van der Waals surface area contributed by atoms with Crippen LogP contribution in [0.15, 0.2) is 18.3 Å². The molecule has 1 aliphatic rings. The molecule has 5 rings (SSSR count).